The van der Waals surface area contributed by atoms with E-state index in [1.165, 1.54) is 0 Å². The van der Waals surface area contributed by atoms with Crippen LogP contribution in [0.25, 0.3) is 0 Å². The van der Waals surface area contributed by atoms with Crippen LogP contribution in [-0.4, -0.2) is 36.3 Å². The molecule has 3 aromatic rings. The van der Waals surface area contributed by atoms with Crippen LogP contribution in [0.15, 0.2) is 84.9 Å². The van der Waals surface area contributed by atoms with Gasteiger partial charge in [0.25, 0.3) is 5.91 Å². The van der Waals surface area contributed by atoms with Crippen LogP contribution in [0.4, 0.5) is 16.2 Å². The molecule has 0 aliphatic carbocycles. The lowest BCUT2D eigenvalue weighted by atomic mass is 10.1. The average Bonchev–Trinajstić information content (AvgIpc) is 2.79. The van der Waals surface area contributed by atoms with Crippen molar-refractivity contribution in [2.75, 3.05) is 24.2 Å². The first-order valence-electron chi connectivity index (χ1n) is 10.2. The minimum Gasteiger partial charge on any atom is -0.322 e. The number of carbonyl (C=O) groups excluding carboxylic acids is 3. The lowest BCUT2D eigenvalue weighted by molar-refractivity contribution is -0.121. The number of para-hydroxylation sites is 1. The Hall–Kier alpha value is -3.97. The number of urea groups is 1. The first-order valence-corrected chi connectivity index (χ1v) is 10.2. The van der Waals surface area contributed by atoms with Crippen LogP contribution in [0.2, 0.25) is 0 Å². The van der Waals surface area contributed by atoms with Gasteiger partial charge in [-0.3, -0.25) is 19.8 Å². The second-order valence-corrected chi connectivity index (χ2v) is 7.41. The number of hydrogen-bond donors (Lipinski definition) is 3. The fraction of sp³-hybridized carbons (Fsp3) is 0.160. The van der Waals surface area contributed by atoms with E-state index in [9.17, 15) is 14.4 Å². The number of imide groups is 1. The van der Waals surface area contributed by atoms with Gasteiger partial charge in [-0.1, -0.05) is 48.5 Å². The summed E-state index contributed by atoms with van der Waals surface area (Å²) >= 11 is 0. The number of carbonyl (C=O) groups is 3. The molecule has 0 radical (unpaired) electrons. The molecule has 0 saturated carbocycles. The Morgan fingerprint density at radius 2 is 1.44 bits per heavy atom. The molecule has 0 aliphatic heterocycles. The van der Waals surface area contributed by atoms with E-state index in [0.29, 0.717) is 16.9 Å². The van der Waals surface area contributed by atoms with Crippen LogP contribution < -0.4 is 16.0 Å². The fourth-order valence-corrected chi connectivity index (χ4v) is 3.14. The second kappa shape index (κ2) is 10.9. The minimum absolute atomic E-state index is 0.0317. The monoisotopic (exact) mass is 430 g/mol. The molecule has 0 unspecified atom stereocenters. The van der Waals surface area contributed by atoms with Crippen molar-refractivity contribution in [1.82, 2.24) is 10.2 Å². The van der Waals surface area contributed by atoms with Crippen LogP contribution >= 0.6 is 0 Å². The summed E-state index contributed by atoms with van der Waals surface area (Å²) in [5.41, 5.74) is 2.78. The summed E-state index contributed by atoms with van der Waals surface area (Å²) in [6, 6.07) is 24.7. The summed E-state index contributed by atoms with van der Waals surface area (Å²) in [6.45, 7) is 1.99. The Labute approximate surface area is 187 Å². The summed E-state index contributed by atoms with van der Waals surface area (Å²) in [5.74, 6) is -0.603. The zero-order valence-electron chi connectivity index (χ0n) is 18.0. The third kappa shape index (κ3) is 6.52. The highest BCUT2D eigenvalue weighted by Crippen LogP contribution is 2.22. The lowest BCUT2D eigenvalue weighted by Crippen LogP contribution is -2.41. The number of benzene rings is 3. The van der Waals surface area contributed by atoms with E-state index < -0.39 is 11.9 Å². The van der Waals surface area contributed by atoms with Crippen LogP contribution in [0.5, 0.6) is 0 Å². The Morgan fingerprint density at radius 1 is 0.812 bits per heavy atom. The molecule has 0 aliphatic rings. The molecule has 164 valence electrons. The molecule has 3 N–H and O–H groups in total. The van der Waals surface area contributed by atoms with Crippen molar-refractivity contribution in [3.8, 4) is 0 Å². The number of amides is 4. The second-order valence-electron chi connectivity index (χ2n) is 7.41. The number of nitrogens with one attached hydrogen (secondary N) is 3. The maximum absolute atomic E-state index is 12.4. The van der Waals surface area contributed by atoms with Crippen LogP contribution in [-0.2, 0) is 4.79 Å². The zero-order chi connectivity index (χ0) is 22.9. The number of likely N-dealkylation sites (N-methyl/N-ethyl adjacent to an activating group) is 1. The first kappa shape index (κ1) is 22.7. The number of hydrogen-bond acceptors (Lipinski definition) is 4. The highest BCUT2D eigenvalue weighted by atomic mass is 16.2. The van der Waals surface area contributed by atoms with Crippen molar-refractivity contribution >= 4 is 29.2 Å². The topological polar surface area (TPSA) is 90.5 Å². The van der Waals surface area contributed by atoms with Gasteiger partial charge in [-0.05, 0) is 55.9 Å². The number of anilines is 2. The Kier molecular flexibility index (Phi) is 7.72. The molecular weight excluding hydrogens is 404 g/mol. The maximum Gasteiger partial charge on any atom is 0.325 e. The molecule has 7 heteroatoms. The van der Waals surface area contributed by atoms with Gasteiger partial charge in [0.1, 0.15) is 0 Å². The molecular formula is C25H26N4O3. The van der Waals surface area contributed by atoms with E-state index in [1.54, 1.807) is 43.4 Å². The molecule has 0 saturated heterocycles. The molecule has 0 bridgehead atoms. The van der Waals surface area contributed by atoms with E-state index in [2.05, 4.69) is 16.0 Å². The number of rotatable bonds is 7. The SMILES string of the molecule is C[C@H](c1cccc(NC(=O)c2ccccc2)c1)N(C)CC(=O)NC(=O)Nc1ccccc1. The molecule has 1 atom stereocenters. The van der Waals surface area contributed by atoms with E-state index in [4.69, 9.17) is 0 Å². The molecule has 7 nitrogen and oxygen atoms in total. The molecule has 0 fully saturated rings. The van der Waals surface area contributed by atoms with Gasteiger partial charge in [0.2, 0.25) is 5.91 Å². The predicted molar refractivity (Wildman–Crippen MR) is 125 cm³/mol. The molecule has 0 heterocycles. The molecule has 3 rings (SSSR count). The highest BCUT2D eigenvalue weighted by molar-refractivity contribution is 6.04. The van der Waals surface area contributed by atoms with Crippen LogP contribution in [0, 0.1) is 0 Å². The van der Waals surface area contributed by atoms with Crippen molar-refractivity contribution < 1.29 is 14.4 Å². The molecule has 32 heavy (non-hydrogen) atoms. The van der Waals surface area contributed by atoms with Gasteiger partial charge in [0.15, 0.2) is 0 Å². The van der Waals surface area contributed by atoms with Gasteiger partial charge in [-0.2, -0.15) is 0 Å². The van der Waals surface area contributed by atoms with Gasteiger partial charge in [-0.15, -0.1) is 0 Å². The van der Waals surface area contributed by atoms with Crippen molar-refractivity contribution in [3.05, 3.63) is 96.1 Å². The average molecular weight is 431 g/mol. The standard InChI is InChI=1S/C25H26N4O3/c1-18(29(2)17-23(30)28-25(32)27-21-13-7-4-8-14-21)20-12-9-15-22(16-20)26-24(31)19-10-5-3-6-11-19/h3-16,18H,17H2,1-2H3,(H,26,31)(H2,27,28,30,32)/t18-/m1/s1. The molecule has 3 aromatic carbocycles. The fourth-order valence-electron chi connectivity index (χ4n) is 3.14. The van der Waals surface area contributed by atoms with Crippen molar-refractivity contribution in [1.29, 1.82) is 0 Å². The van der Waals surface area contributed by atoms with E-state index >= 15 is 0 Å². The van der Waals surface area contributed by atoms with Gasteiger partial charge in [-0.25, -0.2) is 4.79 Å². The third-order valence-corrected chi connectivity index (χ3v) is 5.00. The van der Waals surface area contributed by atoms with Gasteiger partial charge in [0, 0.05) is 23.0 Å². The van der Waals surface area contributed by atoms with Crippen LogP contribution in [0.3, 0.4) is 0 Å². The van der Waals surface area contributed by atoms with Gasteiger partial charge in [0.05, 0.1) is 6.54 Å². The summed E-state index contributed by atoms with van der Waals surface area (Å²) in [7, 11) is 1.80. The predicted octanol–water partition coefficient (Wildman–Crippen LogP) is 4.28. The minimum atomic E-state index is -0.576. The number of nitrogens with zero attached hydrogens (tertiary/aromatic N) is 1. The highest BCUT2D eigenvalue weighted by Gasteiger charge is 2.17. The molecule has 0 aromatic heterocycles. The summed E-state index contributed by atoms with van der Waals surface area (Å²) in [6.07, 6.45) is 0. The largest absolute Gasteiger partial charge is 0.325 e. The Morgan fingerprint density at radius 3 is 2.12 bits per heavy atom. The summed E-state index contributed by atoms with van der Waals surface area (Å²) in [5, 5.41) is 7.84. The quantitative estimate of drug-likeness (QED) is 0.522. The maximum atomic E-state index is 12.4. The Bertz CT molecular complexity index is 1070. The van der Waals surface area contributed by atoms with Gasteiger partial charge >= 0.3 is 6.03 Å². The summed E-state index contributed by atoms with van der Waals surface area (Å²) in [4.78, 5) is 38.5. The zero-order valence-corrected chi connectivity index (χ0v) is 18.0. The van der Waals surface area contributed by atoms with Crippen molar-refractivity contribution in [2.45, 2.75) is 13.0 Å². The first-order chi connectivity index (χ1) is 15.4. The van der Waals surface area contributed by atoms with Crippen molar-refractivity contribution in [3.63, 3.8) is 0 Å². The molecule has 4 amide bonds. The molecule has 0 spiro atoms. The van der Waals surface area contributed by atoms with E-state index in [1.807, 2.05) is 60.4 Å². The van der Waals surface area contributed by atoms with Crippen molar-refractivity contribution in [2.24, 2.45) is 0 Å². The van der Waals surface area contributed by atoms with E-state index in [-0.39, 0.29) is 18.5 Å². The van der Waals surface area contributed by atoms with Crippen LogP contribution in [0.1, 0.15) is 28.9 Å². The lowest BCUT2D eigenvalue weighted by Gasteiger charge is -2.24. The van der Waals surface area contributed by atoms with Gasteiger partial charge < -0.3 is 10.6 Å². The Balaban J connectivity index is 1.55. The smallest absolute Gasteiger partial charge is 0.322 e. The summed E-state index contributed by atoms with van der Waals surface area (Å²) < 4.78 is 0. The normalized spacial score (nSPS) is 11.5. The third-order valence-electron chi connectivity index (χ3n) is 5.00. The van der Waals surface area contributed by atoms with E-state index in [0.717, 1.165) is 5.56 Å².